The second kappa shape index (κ2) is 9.48. The van der Waals surface area contributed by atoms with Crippen LogP contribution in [0.1, 0.15) is 19.5 Å². The largest absolute Gasteiger partial charge is 0.490 e. The lowest BCUT2D eigenvalue weighted by molar-refractivity contribution is -0.384. The molecule has 0 unspecified atom stereocenters. The minimum Gasteiger partial charge on any atom is -0.490 e. The van der Waals surface area contributed by atoms with Crippen LogP contribution in [0.15, 0.2) is 35.0 Å². The molecule has 0 saturated heterocycles. The third kappa shape index (κ3) is 5.09. The molecular formula is C19H19N3O5S2. The zero-order valence-corrected chi connectivity index (χ0v) is 17.5. The Labute approximate surface area is 175 Å². The summed E-state index contributed by atoms with van der Waals surface area (Å²) in [5.41, 5.74) is 0.401. The van der Waals surface area contributed by atoms with E-state index in [1.807, 2.05) is 22.9 Å². The third-order valence-corrected chi connectivity index (χ3v) is 5.69. The van der Waals surface area contributed by atoms with E-state index in [0.717, 1.165) is 9.88 Å². The fourth-order valence-electron chi connectivity index (χ4n) is 2.60. The maximum atomic E-state index is 12.5. The van der Waals surface area contributed by atoms with Gasteiger partial charge in [0.25, 0.3) is 5.69 Å². The summed E-state index contributed by atoms with van der Waals surface area (Å²) in [7, 11) is 0. The molecule has 0 fully saturated rings. The lowest BCUT2D eigenvalue weighted by Crippen LogP contribution is -2.16. The van der Waals surface area contributed by atoms with Crippen molar-refractivity contribution in [3.8, 4) is 21.4 Å². The Balaban J connectivity index is 1.79. The summed E-state index contributed by atoms with van der Waals surface area (Å²) >= 11 is 3.03. The smallest absolute Gasteiger partial charge is 0.296 e. The van der Waals surface area contributed by atoms with E-state index in [2.05, 4.69) is 10.3 Å². The molecule has 0 aliphatic heterocycles. The first-order valence-electron chi connectivity index (χ1n) is 8.88. The van der Waals surface area contributed by atoms with Crippen LogP contribution < -0.4 is 14.8 Å². The number of nitrogens with zero attached hydrogens (tertiary/aromatic N) is 2. The molecule has 0 aliphatic rings. The highest BCUT2D eigenvalue weighted by atomic mass is 32.1. The lowest BCUT2D eigenvalue weighted by atomic mass is 10.2. The minimum atomic E-state index is -0.564. The van der Waals surface area contributed by atoms with Gasteiger partial charge in [0.2, 0.25) is 5.91 Å². The summed E-state index contributed by atoms with van der Waals surface area (Å²) in [6.07, 6.45) is 0.0101. The van der Waals surface area contributed by atoms with E-state index in [0.29, 0.717) is 24.7 Å². The number of hydrogen-bond donors (Lipinski definition) is 1. The van der Waals surface area contributed by atoms with Crippen molar-refractivity contribution in [1.29, 1.82) is 0 Å². The molecule has 0 radical (unpaired) electrons. The molecule has 2 heterocycles. The summed E-state index contributed by atoms with van der Waals surface area (Å²) in [6, 6.07) is 6.59. The highest BCUT2D eigenvalue weighted by Crippen LogP contribution is 2.38. The summed E-state index contributed by atoms with van der Waals surface area (Å²) < 4.78 is 10.9. The maximum absolute atomic E-state index is 12.5. The Morgan fingerprint density at radius 3 is 2.55 bits per heavy atom. The summed E-state index contributed by atoms with van der Waals surface area (Å²) in [5.74, 6) is 0.200. The van der Waals surface area contributed by atoms with E-state index in [4.69, 9.17) is 9.47 Å². The predicted molar refractivity (Wildman–Crippen MR) is 113 cm³/mol. The molecule has 8 nitrogen and oxygen atoms in total. The normalized spacial score (nSPS) is 10.6. The van der Waals surface area contributed by atoms with Crippen LogP contribution in [-0.4, -0.2) is 29.0 Å². The van der Waals surface area contributed by atoms with Crippen LogP contribution in [-0.2, 0) is 11.2 Å². The zero-order valence-electron chi connectivity index (χ0n) is 15.8. The fraction of sp³-hybridized carbons (Fsp3) is 0.263. The number of carbonyl (C=O) groups is 1. The van der Waals surface area contributed by atoms with Gasteiger partial charge in [-0.05, 0) is 25.3 Å². The molecule has 1 N–H and O–H groups in total. The fourth-order valence-corrected chi connectivity index (χ4v) is 4.23. The van der Waals surface area contributed by atoms with Crippen molar-refractivity contribution in [2.24, 2.45) is 0 Å². The summed E-state index contributed by atoms with van der Waals surface area (Å²) in [6.45, 7) is 4.26. The number of rotatable bonds is 9. The minimum absolute atomic E-state index is 0.0101. The van der Waals surface area contributed by atoms with Gasteiger partial charge >= 0.3 is 0 Å². The first kappa shape index (κ1) is 20.7. The molecule has 2 aromatic heterocycles. The Kier molecular flexibility index (Phi) is 6.78. The van der Waals surface area contributed by atoms with E-state index in [9.17, 15) is 14.9 Å². The number of hydrogen-bond acceptors (Lipinski definition) is 8. The van der Waals surface area contributed by atoms with Crippen LogP contribution in [0.4, 0.5) is 11.4 Å². The SMILES string of the molecule is CCOc1cc(NC(=O)Cc2csc(-c3cccs3)n2)c([N+](=O)[O-])cc1OCC. The second-order valence-electron chi connectivity index (χ2n) is 5.79. The Hall–Kier alpha value is -2.98. The van der Waals surface area contributed by atoms with Crippen LogP contribution in [0.3, 0.4) is 0 Å². The molecule has 0 aliphatic carbocycles. The van der Waals surface area contributed by atoms with Crippen molar-refractivity contribution in [3.05, 3.63) is 50.8 Å². The standard InChI is InChI=1S/C19H19N3O5S2/c1-3-26-15-9-13(14(22(24)25)10-16(15)27-4-2)21-18(23)8-12-11-29-19(20-12)17-6-5-7-28-17/h5-7,9-11H,3-4,8H2,1-2H3,(H,21,23). The van der Waals surface area contributed by atoms with E-state index in [-0.39, 0.29) is 23.5 Å². The molecule has 152 valence electrons. The Morgan fingerprint density at radius 1 is 1.21 bits per heavy atom. The molecule has 0 atom stereocenters. The number of nitro benzene ring substituents is 1. The molecule has 10 heteroatoms. The number of aromatic nitrogens is 1. The van der Waals surface area contributed by atoms with Crippen molar-refractivity contribution >= 4 is 40.0 Å². The van der Waals surface area contributed by atoms with Crippen LogP contribution in [0.5, 0.6) is 11.5 Å². The quantitative estimate of drug-likeness (QED) is 0.385. The van der Waals surface area contributed by atoms with Gasteiger partial charge in [0.05, 0.1) is 41.2 Å². The molecule has 3 rings (SSSR count). The Morgan fingerprint density at radius 2 is 1.93 bits per heavy atom. The highest BCUT2D eigenvalue weighted by molar-refractivity contribution is 7.20. The molecular weight excluding hydrogens is 414 g/mol. The van der Waals surface area contributed by atoms with Gasteiger partial charge < -0.3 is 14.8 Å². The summed E-state index contributed by atoms with van der Waals surface area (Å²) in [4.78, 5) is 28.9. The molecule has 0 saturated carbocycles. The van der Waals surface area contributed by atoms with Crippen LogP contribution in [0, 0.1) is 10.1 Å². The van der Waals surface area contributed by atoms with Crippen molar-refractivity contribution < 1.29 is 19.2 Å². The van der Waals surface area contributed by atoms with Crippen LogP contribution >= 0.6 is 22.7 Å². The van der Waals surface area contributed by atoms with Crippen LogP contribution in [0.2, 0.25) is 0 Å². The first-order chi connectivity index (χ1) is 14.0. The average Bonchev–Trinajstić information content (AvgIpc) is 3.35. The number of ether oxygens (including phenoxy) is 2. The number of benzene rings is 1. The van der Waals surface area contributed by atoms with Crippen molar-refractivity contribution in [2.75, 3.05) is 18.5 Å². The van der Waals surface area contributed by atoms with Gasteiger partial charge in [-0.2, -0.15) is 0 Å². The van der Waals surface area contributed by atoms with Crippen molar-refractivity contribution in [3.63, 3.8) is 0 Å². The average molecular weight is 434 g/mol. The number of carbonyl (C=O) groups excluding carboxylic acids is 1. The molecule has 1 amide bonds. The van der Waals surface area contributed by atoms with Gasteiger partial charge in [-0.3, -0.25) is 14.9 Å². The topological polar surface area (TPSA) is 104 Å². The van der Waals surface area contributed by atoms with Crippen molar-refractivity contribution in [2.45, 2.75) is 20.3 Å². The van der Waals surface area contributed by atoms with Gasteiger partial charge in [0.1, 0.15) is 10.7 Å². The van der Waals surface area contributed by atoms with Gasteiger partial charge in [-0.25, -0.2) is 4.98 Å². The van der Waals surface area contributed by atoms with Gasteiger partial charge in [0, 0.05) is 11.4 Å². The van der Waals surface area contributed by atoms with Gasteiger partial charge in [-0.1, -0.05) is 6.07 Å². The lowest BCUT2D eigenvalue weighted by Gasteiger charge is -2.13. The molecule has 1 aromatic carbocycles. The second-order valence-corrected chi connectivity index (χ2v) is 7.59. The number of amides is 1. The van der Waals surface area contributed by atoms with E-state index in [1.165, 1.54) is 23.5 Å². The number of nitro groups is 1. The Bertz CT molecular complexity index is 1000. The predicted octanol–water partition coefficient (Wildman–Crippen LogP) is 4.76. The summed E-state index contributed by atoms with van der Waals surface area (Å²) in [5, 5.41) is 18.7. The third-order valence-electron chi connectivity index (χ3n) is 3.76. The van der Waals surface area contributed by atoms with Gasteiger partial charge in [-0.15, -0.1) is 22.7 Å². The first-order valence-corrected chi connectivity index (χ1v) is 10.6. The van der Waals surface area contributed by atoms with Crippen molar-refractivity contribution in [1.82, 2.24) is 4.98 Å². The number of nitrogens with one attached hydrogen (secondary N) is 1. The monoisotopic (exact) mass is 433 g/mol. The van der Waals surface area contributed by atoms with Gasteiger partial charge in [0.15, 0.2) is 11.5 Å². The molecule has 3 aromatic rings. The van der Waals surface area contributed by atoms with E-state index in [1.54, 1.807) is 25.2 Å². The highest BCUT2D eigenvalue weighted by Gasteiger charge is 2.22. The maximum Gasteiger partial charge on any atom is 0.296 e. The number of anilines is 1. The van der Waals surface area contributed by atoms with Crippen LogP contribution in [0.25, 0.3) is 9.88 Å². The molecule has 0 spiro atoms. The number of thiazole rings is 1. The zero-order chi connectivity index (χ0) is 20.8. The van der Waals surface area contributed by atoms with E-state index >= 15 is 0 Å². The molecule has 29 heavy (non-hydrogen) atoms. The van der Waals surface area contributed by atoms with E-state index < -0.39 is 10.8 Å². The molecule has 0 bridgehead atoms. The number of thiophene rings is 1.